The van der Waals surface area contributed by atoms with E-state index in [1.165, 1.54) is 6.42 Å². The minimum absolute atomic E-state index is 0.263. The molecule has 0 amide bonds. The molecule has 1 aromatic carbocycles. The monoisotopic (exact) mass is 250 g/mol. The first-order valence-electron chi connectivity index (χ1n) is 6.32. The zero-order valence-corrected chi connectivity index (χ0v) is 10.5. The van der Waals surface area contributed by atoms with Crippen LogP contribution >= 0.6 is 0 Å². The highest BCUT2D eigenvalue weighted by atomic mass is 16.5. The third kappa shape index (κ3) is 3.01. The quantitative estimate of drug-likeness (QED) is 0.814. The molecule has 0 aliphatic heterocycles. The summed E-state index contributed by atoms with van der Waals surface area (Å²) in [5.41, 5.74) is 0.523. The van der Waals surface area contributed by atoms with Gasteiger partial charge in [0.2, 0.25) is 0 Å². The molecule has 4 heteroatoms. The molecule has 1 atom stereocenters. The highest BCUT2D eigenvalue weighted by Gasteiger charge is 2.20. The second kappa shape index (κ2) is 5.87. The van der Waals surface area contributed by atoms with E-state index < -0.39 is 12.1 Å². The zero-order chi connectivity index (χ0) is 13.0. The summed E-state index contributed by atoms with van der Waals surface area (Å²) in [6.45, 7) is 1.97. The summed E-state index contributed by atoms with van der Waals surface area (Å²) in [7, 11) is 0. The van der Waals surface area contributed by atoms with Gasteiger partial charge in [-0.1, -0.05) is 12.1 Å². The molecule has 1 aliphatic rings. The van der Waals surface area contributed by atoms with Crippen LogP contribution in [0.25, 0.3) is 0 Å². The molecule has 0 spiro atoms. The van der Waals surface area contributed by atoms with Crippen LogP contribution < -0.4 is 4.74 Å². The third-order valence-corrected chi connectivity index (χ3v) is 3.06. The van der Waals surface area contributed by atoms with Crippen molar-refractivity contribution in [2.24, 2.45) is 0 Å². The molecule has 1 aliphatic carbocycles. The topological polar surface area (TPSA) is 55.8 Å². The molecule has 2 rings (SSSR count). The first-order valence-corrected chi connectivity index (χ1v) is 6.32. The molecule has 98 valence electrons. The molecule has 1 saturated carbocycles. The van der Waals surface area contributed by atoms with Crippen LogP contribution in [0.2, 0.25) is 0 Å². The predicted molar refractivity (Wildman–Crippen MR) is 66.3 cm³/mol. The Morgan fingerprint density at radius 3 is 2.56 bits per heavy atom. The van der Waals surface area contributed by atoms with Crippen molar-refractivity contribution in [1.29, 1.82) is 0 Å². The molecule has 0 radical (unpaired) electrons. The SMILES string of the molecule is CCOC(=O)C(O)c1ccc(OC2CCC2)cc1. The molecule has 1 N–H and O–H groups in total. The van der Waals surface area contributed by atoms with E-state index in [0.29, 0.717) is 11.7 Å². The van der Waals surface area contributed by atoms with Crippen LogP contribution in [0, 0.1) is 0 Å². The molecule has 4 nitrogen and oxygen atoms in total. The fourth-order valence-electron chi connectivity index (χ4n) is 1.77. The Morgan fingerprint density at radius 1 is 1.39 bits per heavy atom. The fourth-order valence-corrected chi connectivity index (χ4v) is 1.77. The molecule has 0 saturated heterocycles. The lowest BCUT2D eigenvalue weighted by atomic mass is 9.96. The number of aliphatic hydroxyl groups excluding tert-OH is 1. The van der Waals surface area contributed by atoms with E-state index in [1.807, 2.05) is 0 Å². The Morgan fingerprint density at radius 2 is 2.06 bits per heavy atom. The van der Waals surface area contributed by atoms with Gasteiger partial charge in [-0.2, -0.15) is 0 Å². The largest absolute Gasteiger partial charge is 0.490 e. The summed E-state index contributed by atoms with van der Waals surface area (Å²) in [6.07, 6.45) is 2.54. The summed E-state index contributed by atoms with van der Waals surface area (Å²) < 4.78 is 10.5. The molecular weight excluding hydrogens is 232 g/mol. The minimum Gasteiger partial charge on any atom is -0.490 e. The predicted octanol–water partition coefficient (Wildman–Crippen LogP) is 2.21. The number of hydrogen-bond donors (Lipinski definition) is 1. The van der Waals surface area contributed by atoms with Crippen molar-refractivity contribution in [3.8, 4) is 5.75 Å². The van der Waals surface area contributed by atoms with E-state index in [2.05, 4.69) is 0 Å². The van der Waals surface area contributed by atoms with E-state index in [-0.39, 0.29) is 6.61 Å². The van der Waals surface area contributed by atoms with E-state index in [0.717, 1.165) is 18.6 Å². The Balaban J connectivity index is 1.95. The van der Waals surface area contributed by atoms with Crippen LogP contribution in [0.5, 0.6) is 5.75 Å². The zero-order valence-electron chi connectivity index (χ0n) is 10.5. The molecular formula is C14H18O4. The van der Waals surface area contributed by atoms with Crippen molar-refractivity contribution in [1.82, 2.24) is 0 Å². The van der Waals surface area contributed by atoms with E-state index in [1.54, 1.807) is 31.2 Å². The average molecular weight is 250 g/mol. The standard InChI is InChI=1S/C14H18O4/c1-2-17-14(16)13(15)10-6-8-12(9-7-10)18-11-4-3-5-11/h6-9,11,13,15H,2-5H2,1H3. The van der Waals surface area contributed by atoms with Gasteiger partial charge in [-0.3, -0.25) is 0 Å². The molecule has 1 unspecified atom stereocenters. The number of benzene rings is 1. The average Bonchev–Trinajstić information content (AvgIpc) is 2.34. The van der Waals surface area contributed by atoms with Crippen LogP contribution in [0.4, 0.5) is 0 Å². The first-order chi connectivity index (χ1) is 8.70. The number of carbonyl (C=O) groups excluding carboxylic acids is 1. The van der Waals surface area contributed by atoms with E-state index in [9.17, 15) is 9.90 Å². The van der Waals surface area contributed by atoms with Crippen LogP contribution in [0.1, 0.15) is 37.9 Å². The Bertz CT molecular complexity index is 395. The maximum Gasteiger partial charge on any atom is 0.339 e. The lowest BCUT2D eigenvalue weighted by Gasteiger charge is -2.26. The van der Waals surface area contributed by atoms with Crippen LogP contribution in [-0.4, -0.2) is 23.8 Å². The second-order valence-corrected chi connectivity index (χ2v) is 4.39. The van der Waals surface area contributed by atoms with Crippen molar-refractivity contribution in [3.05, 3.63) is 29.8 Å². The normalized spacial score (nSPS) is 16.8. The van der Waals surface area contributed by atoms with Crippen molar-refractivity contribution in [3.63, 3.8) is 0 Å². The molecule has 0 heterocycles. The maximum absolute atomic E-state index is 11.4. The summed E-state index contributed by atoms with van der Waals surface area (Å²) in [5.74, 6) is 0.157. The number of rotatable bonds is 5. The van der Waals surface area contributed by atoms with Gasteiger partial charge < -0.3 is 14.6 Å². The number of aliphatic hydroxyl groups is 1. The lowest BCUT2D eigenvalue weighted by molar-refractivity contribution is -0.153. The highest BCUT2D eigenvalue weighted by molar-refractivity contribution is 5.76. The number of ether oxygens (including phenoxy) is 2. The van der Waals surface area contributed by atoms with Gasteiger partial charge in [0.05, 0.1) is 12.7 Å². The minimum atomic E-state index is -1.22. The van der Waals surface area contributed by atoms with Crippen molar-refractivity contribution in [2.45, 2.75) is 38.4 Å². The van der Waals surface area contributed by atoms with Gasteiger partial charge in [0, 0.05) is 0 Å². The number of hydrogen-bond acceptors (Lipinski definition) is 4. The van der Waals surface area contributed by atoms with Crippen molar-refractivity contribution in [2.75, 3.05) is 6.61 Å². The van der Waals surface area contributed by atoms with Gasteiger partial charge in [0.1, 0.15) is 5.75 Å². The smallest absolute Gasteiger partial charge is 0.339 e. The Labute approximate surface area is 107 Å². The van der Waals surface area contributed by atoms with Crippen LogP contribution in [-0.2, 0) is 9.53 Å². The third-order valence-electron chi connectivity index (χ3n) is 3.06. The summed E-state index contributed by atoms with van der Waals surface area (Å²) >= 11 is 0. The Hall–Kier alpha value is -1.55. The molecule has 18 heavy (non-hydrogen) atoms. The summed E-state index contributed by atoms with van der Waals surface area (Å²) in [5, 5.41) is 9.73. The van der Waals surface area contributed by atoms with Gasteiger partial charge in [-0.05, 0) is 43.9 Å². The van der Waals surface area contributed by atoms with Gasteiger partial charge in [-0.25, -0.2) is 4.79 Å². The first kappa shape index (κ1) is 12.9. The summed E-state index contributed by atoms with van der Waals surface area (Å²) in [6, 6.07) is 6.93. The van der Waals surface area contributed by atoms with Gasteiger partial charge >= 0.3 is 5.97 Å². The molecule has 1 fully saturated rings. The lowest BCUT2D eigenvalue weighted by Crippen LogP contribution is -2.24. The van der Waals surface area contributed by atoms with E-state index in [4.69, 9.17) is 9.47 Å². The second-order valence-electron chi connectivity index (χ2n) is 4.39. The van der Waals surface area contributed by atoms with Crippen LogP contribution in [0.3, 0.4) is 0 Å². The van der Waals surface area contributed by atoms with Gasteiger partial charge in [0.15, 0.2) is 6.10 Å². The van der Waals surface area contributed by atoms with Crippen molar-refractivity contribution >= 4 is 5.97 Å². The maximum atomic E-state index is 11.4. The van der Waals surface area contributed by atoms with Crippen molar-refractivity contribution < 1.29 is 19.4 Å². The highest BCUT2D eigenvalue weighted by Crippen LogP contribution is 2.26. The molecule has 0 bridgehead atoms. The van der Waals surface area contributed by atoms with Crippen LogP contribution in [0.15, 0.2) is 24.3 Å². The fraction of sp³-hybridized carbons (Fsp3) is 0.500. The Kier molecular flexibility index (Phi) is 4.20. The van der Waals surface area contributed by atoms with Gasteiger partial charge in [0.25, 0.3) is 0 Å². The van der Waals surface area contributed by atoms with E-state index >= 15 is 0 Å². The van der Waals surface area contributed by atoms with Gasteiger partial charge in [-0.15, -0.1) is 0 Å². The molecule has 1 aromatic rings. The number of esters is 1. The summed E-state index contributed by atoms with van der Waals surface area (Å²) in [4.78, 5) is 11.4. The number of carbonyl (C=O) groups is 1. The molecule has 0 aromatic heterocycles.